The molecule has 0 aliphatic rings. The molecule has 0 saturated heterocycles. The number of anilines is 1. The third-order valence-corrected chi connectivity index (χ3v) is 5.30. The largest absolute Gasteiger partial charge is 0.487 e. The van der Waals surface area contributed by atoms with E-state index in [0.29, 0.717) is 11.5 Å². The maximum Gasteiger partial charge on any atom is 0.417 e. The average molecular weight is 516 g/mol. The van der Waals surface area contributed by atoms with Gasteiger partial charge < -0.3 is 20.3 Å². The Morgan fingerprint density at radius 1 is 1.14 bits per heavy atom. The van der Waals surface area contributed by atoms with E-state index in [-0.39, 0.29) is 46.5 Å². The zero-order valence-electron chi connectivity index (χ0n) is 20.0. The van der Waals surface area contributed by atoms with E-state index >= 15 is 0 Å². The lowest BCUT2D eigenvalue weighted by atomic mass is 10.0. The molecule has 0 fully saturated rings. The number of aromatic nitrogens is 5. The number of imidazole rings is 1. The summed E-state index contributed by atoms with van der Waals surface area (Å²) in [5.74, 6) is -0.0270. The number of fused-ring (bicyclic) bond motifs is 1. The minimum Gasteiger partial charge on any atom is -0.487 e. The summed E-state index contributed by atoms with van der Waals surface area (Å²) in [6.07, 6.45) is -5.92. The van der Waals surface area contributed by atoms with Crippen LogP contribution in [0.25, 0.3) is 16.9 Å². The lowest BCUT2D eigenvalue weighted by molar-refractivity contribution is -0.137. The topological polar surface area (TPSA) is 135 Å². The smallest absolute Gasteiger partial charge is 0.417 e. The number of ether oxygens (including phenoxy) is 1. The van der Waals surface area contributed by atoms with Gasteiger partial charge in [-0.2, -0.15) is 18.3 Å². The van der Waals surface area contributed by atoms with Crippen molar-refractivity contribution in [2.24, 2.45) is 0 Å². The van der Waals surface area contributed by atoms with Crippen molar-refractivity contribution in [3.8, 4) is 17.0 Å². The first-order valence-electron chi connectivity index (χ1n) is 11.1. The fraction of sp³-hybridized carbons (Fsp3) is 0.292. The Morgan fingerprint density at radius 3 is 2.54 bits per heavy atom. The normalized spacial score (nSPS) is 12.5. The minimum absolute atomic E-state index is 0.0367. The molecule has 0 aliphatic heterocycles. The minimum atomic E-state index is -4.67. The molecule has 3 N–H and O–H groups in total. The number of rotatable bonds is 7. The molecule has 1 aromatic carbocycles. The number of alkyl halides is 3. The van der Waals surface area contributed by atoms with Crippen LogP contribution in [0.4, 0.5) is 19.0 Å². The van der Waals surface area contributed by atoms with Gasteiger partial charge in [0.2, 0.25) is 0 Å². The molecule has 13 heteroatoms. The molecule has 194 valence electrons. The van der Waals surface area contributed by atoms with E-state index in [2.05, 4.69) is 25.4 Å². The zero-order chi connectivity index (χ0) is 26.9. The Bertz CT molecular complexity index is 1450. The van der Waals surface area contributed by atoms with Gasteiger partial charge in [0.1, 0.15) is 24.4 Å². The Kier molecular flexibility index (Phi) is 7.09. The molecule has 0 aliphatic carbocycles. The molecule has 37 heavy (non-hydrogen) atoms. The Morgan fingerprint density at radius 2 is 1.86 bits per heavy atom. The van der Waals surface area contributed by atoms with Crippen molar-refractivity contribution >= 4 is 17.4 Å². The lowest BCUT2D eigenvalue weighted by Crippen LogP contribution is -2.22. The van der Waals surface area contributed by atoms with E-state index in [1.54, 1.807) is 19.9 Å². The fourth-order valence-electron chi connectivity index (χ4n) is 3.75. The second-order valence-electron chi connectivity index (χ2n) is 8.26. The summed E-state index contributed by atoms with van der Waals surface area (Å²) < 4.78 is 47.9. The molecular weight excluding hydrogens is 493 g/mol. The molecule has 3 heterocycles. The number of hydrogen-bond acceptors (Lipinski definition) is 8. The molecule has 4 aromatic rings. The summed E-state index contributed by atoms with van der Waals surface area (Å²) in [5.41, 5.74) is -0.489. The number of carbonyl (C=O) groups excluding carboxylic acids is 1. The fourth-order valence-corrected chi connectivity index (χ4v) is 3.75. The van der Waals surface area contributed by atoms with Crippen LogP contribution in [0.15, 0.2) is 36.4 Å². The Hall–Kier alpha value is -4.10. The van der Waals surface area contributed by atoms with Crippen molar-refractivity contribution in [1.82, 2.24) is 24.6 Å². The van der Waals surface area contributed by atoms with E-state index in [9.17, 15) is 23.1 Å². The summed E-state index contributed by atoms with van der Waals surface area (Å²) in [4.78, 5) is 25.9. The number of aliphatic hydroxyl groups is 2. The predicted octanol–water partition coefficient (Wildman–Crippen LogP) is 3.11. The average Bonchev–Trinajstić information content (AvgIpc) is 3.16. The van der Waals surface area contributed by atoms with Crippen molar-refractivity contribution < 1.29 is 32.9 Å². The maximum atomic E-state index is 13.8. The van der Waals surface area contributed by atoms with E-state index in [1.807, 2.05) is 0 Å². The molecule has 1 atom stereocenters. The summed E-state index contributed by atoms with van der Waals surface area (Å²) in [5, 5.41) is 25.8. The molecule has 10 nitrogen and oxygen atoms in total. The van der Waals surface area contributed by atoms with Gasteiger partial charge in [0.25, 0.3) is 5.91 Å². The number of carbonyl (C=O) groups is 1. The second kappa shape index (κ2) is 10.1. The number of aryl methyl sites for hydroxylation is 3. The highest BCUT2D eigenvalue weighted by molar-refractivity contribution is 6.04. The van der Waals surface area contributed by atoms with Gasteiger partial charge in [-0.25, -0.2) is 19.5 Å². The Balaban J connectivity index is 1.88. The third-order valence-electron chi connectivity index (χ3n) is 5.30. The van der Waals surface area contributed by atoms with Crippen LogP contribution in [-0.4, -0.2) is 60.0 Å². The number of nitrogens with one attached hydrogen (secondary N) is 1. The van der Waals surface area contributed by atoms with Gasteiger partial charge in [0, 0.05) is 23.4 Å². The predicted molar refractivity (Wildman–Crippen MR) is 126 cm³/mol. The number of amides is 1. The molecule has 0 spiro atoms. The van der Waals surface area contributed by atoms with Crippen LogP contribution in [0.3, 0.4) is 0 Å². The van der Waals surface area contributed by atoms with E-state index in [1.165, 1.54) is 31.2 Å². The number of benzene rings is 1. The van der Waals surface area contributed by atoms with Crippen molar-refractivity contribution in [3.63, 3.8) is 0 Å². The summed E-state index contributed by atoms with van der Waals surface area (Å²) in [7, 11) is 0. The van der Waals surface area contributed by atoms with Gasteiger partial charge in [0.15, 0.2) is 17.1 Å². The first kappa shape index (κ1) is 26.0. The molecule has 0 radical (unpaired) electrons. The van der Waals surface area contributed by atoms with E-state index in [0.717, 1.165) is 10.6 Å². The molecule has 0 saturated carbocycles. The van der Waals surface area contributed by atoms with Crippen molar-refractivity contribution in [3.05, 3.63) is 64.9 Å². The Labute approximate surface area is 208 Å². The van der Waals surface area contributed by atoms with E-state index < -0.39 is 30.4 Å². The lowest BCUT2D eigenvalue weighted by Gasteiger charge is -2.15. The molecule has 3 aromatic heterocycles. The van der Waals surface area contributed by atoms with Crippen LogP contribution in [0.1, 0.15) is 33.3 Å². The number of halogens is 3. The summed E-state index contributed by atoms with van der Waals surface area (Å²) in [6.45, 7) is 3.97. The molecule has 0 unspecified atom stereocenters. The molecule has 0 bridgehead atoms. The quantitative estimate of drug-likeness (QED) is 0.341. The van der Waals surface area contributed by atoms with Crippen molar-refractivity contribution in [2.45, 2.75) is 33.1 Å². The molecule has 4 rings (SSSR count). The van der Waals surface area contributed by atoms with E-state index in [4.69, 9.17) is 9.84 Å². The van der Waals surface area contributed by atoms with Gasteiger partial charge >= 0.3 is 6.18 Å². The van der Waals surface area contributed by atoms with Crippen LogP contribution < -0.4 is 10.1 Å². The standard InChI is InChI=1S/C24H23F3N6O4/c1-12-8-20(30-14(3)28-12)31-23(36)21-13(2)29-22-19(37-11-15(35)10-34)9-18(32-33(21)22)16-6-4-5-7-17(16)24(25,26)27/h4-9,15,34-35H,10-11H2,1-3H3,(H,28,30,31,36)/t15-/m1/s1. The third kappa shape index (κ3) is 5.52. The van der Waals surface area contributed by atoms with Gasteiger partial charge in [-0.05, 0) is 26.8 Å². The van der Waals surface area contributed by atoms with Gasteiger partial charge in [0.05, 0.1) is 23.6 Å². The summed E-state index contributed by atoms with van der Waals surface area (Å²) >= 11 is 0. The zero-order valence-corrected chi connectivity index (χ0v) is 20.0. The van der Waals surface area contributed by atoms with Crippen molar-refractivity contribution in [1.29, 1.82) is 0 Å². The number of nitrogens with zero attached hydrogens (tertiary/aromatic N) is 5. The summed E-state index contributed by atoms with van der Waals surface area (Å²) in [6, 6.07) is 7.66. The van der Waals surface area contributed by atoms with Gasteiger partial charge in [-0.15, -0.1) is 0 Å². The van der Waals surface area contributed by atoms with Crippen LogP contribution in [0.2, 0.25) is 0 Å². The van der Waals surface area contributed by atoms with Gasteiger partial charge in [-0.1, -0.05) is 18.2 Å². The highest BCUT2D eigenvalue weighted by Crippen LogP contribution is 2.37. The maximum absolute atomic E-state index is 13.8. The van der Waals surface area contributed by atoms with Crippen LogP contribution in [-0.2, 0) is 6.18 Å². The molecular formula is C24H23F3N6O4. The highest BCUT2D eigenvalue weighted by Gasteiger charge is 2.34. The van der Waals surface area contributed by atoms with Gasteiger partial charge in [-0.3, -0.25) is 4.79 Å². The highest BCUT2D eigenvalue weighted by atomic mass is 19.4. The monoisotopic (exact) mass is 516 g/mol. The second-order valence-corrected chi connectivity index (χ2v) is 8.26. The van der Waals surface area contributed by atoms with Crippen LogP contribution in [0, 0.1) is 20.8 Å². The SMILES string of the molecule is Cc1cc(NC(=O)c2c(C)nc3c(OC[C@H](O)CO)cc(-c4ccccc4C(F)(F)F)nn23)nc(C)n1. The first-order valence-corrected chi connectivity index (χ1v) is 11.1. The van der Waals surface area contributed by atoms with Crippen LogP contribution >= 0.6 is 0 Å². The number of aliphatic hydroxyl groups excluding tert-OH is 2. The first-order chi connectivity index (χ1) is 17.5. The molecule has 1 amide bonds. The van der Waals surface area contributed by atoms with Crippen LogP contribution in [0.5, 0.6) is 5.75 Å². The van der Waals surface area contributed by atoms with Crippen molar-refractivity contribution in [2.75, 3.05) is 18.5 Å². The number of hydrogen-bond donors (Lipinski definition) is 3.